The summed E-state index contributed by atoms with van der Waals surface area (Å²) in [7, 11) is 0. The lowest BCUT2D eigenvalue weighted by molar-refractivity contribution is 0.309. The van der Waals surface area contributed by atoms with E-state index in [1.54, 1.807) is 11.3 Å². The number of aromatic nitrogens is 1. The van der Waals surface area contributed by atoms with Crippen LogP contribution in [-0.2, 0) is 6.61 Å². The molecule has 106 valence electrons. The molecule has 2 heterocycles. The van der Waals surface area contributed by atoms with Crippen LogP contribution in [0.2, 0.25) is 0 Å². The van der Waals surface area contributed by atoms with Gasteiger partial charge in [0, 0.05) is 38.1 Å². The van der Waals surface area contributed by atoms with Gasteiger partial charge in [-0.3, -0.25) is 0 Å². The highest BCUT2D eigenvalue weighted by Crippen LogP contribution is 2.21. The Balaban J connectivity index is 1.58. The first-order valence-corrected chi connectivity index (χ1v) is 7.73. The molecule has 1 N–H and O–H groups in total. The predicted molar refractivity (Wildman–Crippen MR) is 82.7 cm³/mol. The molecule has 2 aromatic rings. The van der Waals surface area contributed by atoms with Crippen LogP contribution in [0.4, 0.5) is 5.69 Å². The topological polar surface area (TPSA) is 37.4 Å². The van der Waals surface area contributed by atoms with Crippen molar-refractivity contribution in [1.82, 2.24) is 10.3 Å². The fraction of sp³-hybridized carbons (Fsp3) is 0.400. The van der Waals surface area contributed by atoms with Crippen molar-refractivity contribution in [2.45, 2.75) is 13.5 Å². The maximum atomic E-state index is 5.79. The Morgan fingerprint density at radius 3 is 2.65 bits per heavy atom. The number of aryl methyl sites for hydroxylation is 1. The van der Waals surface area contributed by atoms with E-state index in [0.29, 0.717) is 6.61 Å². The smallest absolute Gasteiger partial charge is 0.124 e. The normalized spacial score (nSPS) is 15.3. The Morgan fingerprint density at radius 1 is 1.25 bits per heavy atom. The summed E-state index contributed by atoms with van der Waals surface area (Å²) in [6.45, 7) is 6.86. The fourth-order valence-corrected chi connectivity index (χ4v) is 3.01. The van der Waals surface area contributed by atoms with Gasteiger partial charge < -0.3 is 15.0 Å². The predicted octanol–water partition coefficient (Wildman–Crippen LogP) is 2.44. The quantitative estimate of drug-likeness (QED) is 0.938. The van der Waals surface area contributed by atoms with Crippen LogP contribution in [0.15, 0.2) is 30.5 Å². The minimum atomic E-state index is 0.596. The molecule has 3 rings (SSSR count). The highest BCUT2D eigenvalue weighted by Gasteiger charge is 2.10. The van der Waals surface area contributed by atoms with Gasteiger partial charge in [-0.05, 0) is 31.2 Å². The van der Waals surface area contributed by atoms with Gasteiger partial charge in [-0.25, -0.2) is 4.98 Å². The molecule has 0 saturated carbocycles. The molecule has 0 amide bonds. The molecule has 1 fully saturated rings. The van der Waals surface area contributed by atoms with Crippen molar-refractivity contribution in [1.29, 1.82) is 0 Å². The first-order chi connectivity index (χ1) is 9.81. The van der Waals surface area contributed by atoms with Crippen molar-refractivity contribution in [2.75, 3.05) is 31.1 Å². The van der Waals surface area contributed by atoms with Crippen molar-refractivity contribution in [3.05, 3.63) is 40.3 Å². The van der Waals surface area contributed by atoms with Crippen LogP contribution in [0.1, 0.15) is 9.88 Å². The van der Waals surface area contributed by atoms with Gasteiger partial charge in [0.05, 0.1) is 9.88 Å². The molecule has 5 heteroatoms. The van der Waals surface area contributed by atoms with Crippen LogP contribution in [0.3, 0.4) is 0 Å². The van der Waals surface area contributed by atoms with Crippen LogP contribution in [0.25, 0.3) is 0 Å². The van der Waals surface area contributed by atoms with Gasteiger partial charge in [-0.2, -0.15) is 0 Å². The van der Waals surface area contributed by atoms with Gasteiger partial charge in [0.2, 0.25) is 0 Å². The summed E-state index contributed by atoms with van der Waals surface area (Å²) in [5.74, 6) is 0.912. The van der Waals surface area contributed by atoms with Gasteiger partial charge >= 0.3 is 0 Å². The Kier molecular flexibility index (Phi) is 4.18. The third-order valence-electron chi connectivity index (χ3n) is 3.37. The van der Waals surface area contributed by atoms with Crippen molar-refractivity contribution in [2.24, 2.45) is 0 Å². The number of hydrogen-bond acceptors (Lipinski definition) is 5. The molecule has 1 aliphatic heterocycles. The largest absolute Gasteiger partial charge is 0.488 e. The third kappa shape index (κ3) is 3.29. The van der Waals surface area contributed by atoms with Crippen LogP contribution < -0.4 is 15.0 Å². The number of nitrogens with zero attached hydrogens (tertiary/aromatic N) is 2. The zero-order valence-electron chi connectivity index (χ0n) is 11.6. The molecule has 20 heavy (non-hydrogen) atoms. The highest BCUT2D eigenvalue weighted by atomic mass is 32.1. The lowest BCUT2D eigenvalue weighted by Crippen LogP contribution is -2.43. The number of nitrogens with one attached hydrogen (secondary N) is 1. The zero-order chi connectivity index (χ0) is 13.8. The molecule has 0 unspecified atom stereocenters. The van der Waals surface area contributed by atoms with Crippen LogP contribution >= 0.6 is 11.3 Å². The number of thiazole rings is 1. The van der Waals surface area contributed by atoms with Crippen molar-refractivity contribution < 1.29 is 4.74 Å². The summed E-state index contributed by atoms with van der Waals surface area (Å²) in [6, 6.07) is 8.37. The maximum Gasteiger partial charge on any atom is 0.124 e. The molecule has 0 bridgehead atoms. The highest BCUT2D eigenvalue weighted by molar-refractivity contribution is 7.11. The standard InChI is InChI=1S/C15H19N3OS/c1-12-17-10-15(20-12)11-19-14-4-2-13(3-5-14)18-8-6-16-7-9-18/h2-5,10,16H,6-9,11H2,1H3. The molecule has 4 nitrogen and oxygen atoms in total. The van der Waals surface area contributed by atoms with Gasteiger partial charge in [-0.15, -0.1) is 11.3 Å². The molecule has 1 aliphatic rings. The summed E-state index contributed by atoms with van der Waals surface area (Å²) in [6.07, 6.45) is 1.88. The molecule has 0 spiro atoms. The second-order valence-electron chi connectivity index (χ2n) is 4.87. The molecule has 0 aliphatic carbocycles. The van der Waals surface area contributed by atoms with Gasteiger partial charge in [0.25, 0.3) is 0 Å². The molecular weight excluding hydrogens is 270 g/mol. The van der Waals surface area contributed by atoms with E-state index >= 15 is 0 Å². The Bertz CT molecular complexity index is 547. The monoisotopic (exact) mass is 289 g/mol. The van der Waals surface area contributed by atoms with Gasteiger partial charge in [-0.1, -0.05) is 0 Å². The van der Waals surface area contributed by atoms with E-state index in [-0.39, 0.29) is 0 Å². The zero-order valence-corrected chi connectivity index (χ0v) is 12.4. The molecule has 0 atom stereocenters. The van der Waals surface area contributed by atoms with Crippen molar-refractivity contribution in [3.63, 3.8) is 0 Å². The van der Waals surface area contributed by atoms with Crippen LogP contribution in [0.5, 0.6) is 5.75 Å². The number of rotatable bonds is 4. The van der Waals surface area contributed by atoms with E-state index in [9.17, 15) is 0 Å². The van der Waals surface area contributed by atoms with E-state index in [1.807, 2.05) is 25.3 Å². The Morgan fingerprint density at radius 2 is 2.00 bits per heavy atom. The van der Waals surface area contributed by atoms with E-state index < -0.39 is 0 Å². The average molecular weight is 289 g/mol. The summed E-state index contributed by atoms with van der Waals surface area (Å²) in [4.78, 5) is 7.79. The molecule has 1 aromatic carbocycles. The minimum Gasteiger partial charge on any atom is -0.488 e. The lowest BCUT2D eigenvalue weighted by Gasteiger charge is -2.29. The van der Waals surface area contributed by atoms with Crippen molar-refractivity contribution in [3.8, 4) is 5.75 Å². The van der Waals surface area contributed by atoms with Gasteiger partial charge in [0.1, 0.15) is 12.4 Å². The maximum absolute atomic E-state index is 5.79. The second kappa shape index (κ2) is 6.24. The first-order valence-electron chi connectivity index (χ1n) is 6.91. The number of hydrogen-bond donors (Lipinski definition) is 1. The first kappa shape index (κ1) is 13.4. The molecule has 0 radical (unpaired) electrons. The average Bonchev–Trinajstić information content (AvgIpc) is 2.92. The van der Waals surface area contributed by atoms with Crippen molar-refractivity contribution >= 4 is 17.0 Å². The van der Waals surface area contributed by atoms with Gasteiger partial charge in [0.15, 0.2) is 0 Å². The Hall–Kier alpha value is -1.59. The van der Waals surface area contributed by atoms with E-state index in [0.717, 1.165) is 41.8 Å². The fourth-order valence-electron chi connectivity index (χ4n) is 2.30. The summed E-state index contributed by atoms with van der Waals surface area (Å²) >= 11 is 1.68. The van der Waals surface area contributed by atoms with E-state index in [1.165, 1.54) is 5.69 Å². The van der Waals surface area contributed by atoms with E-state index in [2.05, 4.69) is 27.3 Å². The third-order valence-corrected chi connectivity index (χ3v) is 4.26. The molecule has 1 saturated heterocycles. The number of ether oxygens (including phenoxy) is 1. The lowest BCUT2D eigenvalue weighted by atomic mass is 10.2. The molecule has 1 aromatic heterocycles. The SMILES string of the molecule is Cc1ncc(COc2ccc(N3CCNCC3)cc2)s1. The summed E-state index contributed by atoms with van der Waals surface area (Å²) in [5.41, 5.74) is 1.27. The summed E-state index contributed by atoms with van der Waals surface area (Å²) < 4.78 is 5.79. The van der Waals surface area contributed by atoms with Crippen LogP contribution in [0, 0.1) is 6.92 Å². The molecular formula is C15H19N3OS. The summed E-state index contributed by atoms with van der Waals surface area (Å²) in [5, 5.41) is 4.45. The Labute approximate surface area is 123 Å². The van der Waals surface area contributed by atoms with E-state index in [4.69, 9.17) is 4.74 Å². The number of anilines is 1. The number of piperazine rings is 1. The van der Waals surface area contributed by atoms with Crippen LogP contribution in [-0.4, -0.2) is 31.2 Å². The number of benzene rings is 1. The second-order valence-corrected chi connectivity index (χ2v) is 6.18. The minimum absolute atomic E-state index is 0.596.